The van der Waals surface area contributed by atoms with E-state index in [4.69, 9.17) is 0 Å². The standard InChI is InChI=1S/C11H5F11/c12-6-3-1-2-5(4-6)7(8(13,14)10(17,18)19)9(15,16)11(20,21)22/h1-4,7H. The third kappa shape index (κ3) is 3.12. The zero-order valence-corrected chi connectivity index (χ0v) is 10.0. The molecule has 0 saturated carbocycles. The Morgan fingerprint density at radius 2 is 1.09 bits per heavy atom. The van der Waals surface area contributed by atoms with Crippen LogP contribution in [0.1, 0.15) is 11.5 Å². The van der Waals surface area contributed by atoms with E-state index >= 15 is 0 Å². The summed E-state index contributed by atoms with van der Waals surface area (Å²) in [6, 6.07) is 0.825. The van der Waals surface area contributed by atoms with Gasteiger partial charge in [0.05, 0.1) is 0 Å². The van der Waals surface area contributed by atoms with Crippen LogP contribution in [0.4, 0.5) is 48.3 Å². The maximum Gasteiger partial charge on any atom is 0.454 e. The molecule has 0 unspecified atom stereocenters. The largest absolute Gasteiger partial charge is 0.454 e. The molecule has 0 nitrogen and oxygen atoms in total. The molecule has 0 amide bonds. The Hall–Kier alpha value is -1.55. The fraction of sp³-hybridized carbons (Fsp3) is 0.455. The summed E-state index contributed by atoms with van der Waals surface area (Å²) in [5.41, 5.74) is -1.83. The SMILES string of the molecule is Fc1cccc(C(C(F)(F)C(F)(F)F)C(F)(F)C(F)(F)F)c1. The van der Waals surface area contributed by atoms with Gasteiger partial charge >= 0.3 is 24.2 Å². The van der Waals surface area contributed by atoms with E-state index in [0.29, 0.717) is 12.1 Å². The van der Waals surface area contributed by atoms with Crippen molar-refractivity contribution in [2.24, 2.45) is 0 Å². The van der Waals surface area contributed by atoms with Gasteiger partial charge in [-0.05, 0) is 17.7 Å². The normalized spacial score (nSPS) is 14.5. The van der Waals surface area contributed by atoms with Crippen LogP contribution in [0.15, 0.2) is 24.3 Å². The first-order valence-corrected chi connectivity index (χ1v) is 5.27. The summed E-state index contributed by atoms with van der Waals surface area (Å²) in [6.45, 7) is 0. The fourth-order valence-corrected chi connectivity index (χ4v) is 1.66. The Morgan fingerprint density at radius 1 is 0.682 bits per heavy atom. The molecule has 22 heavy (non-hydrogen) atoms. The summed E-state index contributed by atoms with van der Waals surface area (Å²) in [6.07, 6.45) is -13.4. The van der Waals surface area contributed by atoms with Crippen molar-refractivity contribution >= 4 is 0 Å². The van der Waals surface area contributed by atoms with Crippen LogP contribution < -0.4 is 0 Å². The van der Waals surface area contributed by atoms with Gasteiger partial charge in [0.2, 0.25) is 0 Å². The van der Waals surface area contributed by atoms with Crippen LogP contribution in [0.5, 0.6) is 0 Å². The van der Waals surface area contributed by atoms with Crippen LogP contribution in [0.3, 0.4) is 0 Å². The number of rotatable bonds is 3. The second-order valence-corrected chi connectivity index (χ2v) is 4.23. The molecule has 1 rings (SSSR count). The predicted molar refractivity (Wildman–Crippen MR) is 51.1 cm³/mol. The van der Waals surface area contributed by atoms with E-state index in [1.165, 1.54) is 0 Å². The van der Waals surface area contributed by atoms with Crippen molar-refractivity contribution in [1.29, 1.82) is 0 Å². The summed E-state index contributed by atoms with van der Waals surface area (Å²) in [5.74, 6) is -19.1. The van der Waals surface area contributed by atoms with E-state index < -0.39 is 41.5 Å². The highest BCUT2D eigenvalue weighted by Gasteiger charge is 2.76. The summed E-state index contributed by atoms with van der Waals surface area (Å²) in [5, 5.41) is 0. The van der Waals surface area contributed by atoms with Crippen LogP contribution in [-0.4, -0.2) is 24.2 Å². The van der Waals surface area contributed by atoms with E-state index in [1.807, 2.05) is 0 Å². The number of benzene rings is 1. The average Bonchev–Trinajstić information content (AvgIpc) is 2.24. The number of halogens is 11. The third-order valence-corrected chi connectivity index (χ3v) is 2.66. The lowest BCUT2D eigenvalue weighted by molar-refractivity contribution is -0.354. The minimum absolute atomic E-state index is 0.132. The van der Waals surface area contributed by atoms with Crippen LogP contribution >= 0.6 is 0 Å². The van der Waals surface area contributed by atoms with Gasteiger partial charge in [0.15, 0.2) is 0 Å². The van der Waals surface area contributed by atoms with Crippen molar-refractivity contribution in [3.05, 3.63) is 35.6 Å². The molecular weight excluding hydrogens is 341 g/mol. The molecule has 0 spiro atoms. The summed E-state index contributed by atoms with van der Waals surface area (Å²) >= 11 is 0. The van der Waals surface area contributed by atoms with Crippen molar-refractivity contribution in [3.8, 4) is 0 Å². The first kappa shape index (κ1) is 18.5. The van der Waals surface area contributed by atoms with Crippen molar-refractivity contribution < 1.29 is 48.3 Å². The molecule has 1 aromatic rings. The van der Waals surface area contributed by atoms with Crippen LogP contribution in [0.2, 0.25) is 0 Å². The summed E-state index contributed by atoms with van der Waals surface area (Å²) in [4.78, 5) is 0. The predicted octanol–water partition coefficient (Wildman–Crippen LogP) is 5.30. The van der Waals surface area contributed by atoms with Gasteiger partial charge in [0.1, 0.15) is 11.7 Å². The van der Waals surface area contributed by atoms with Gasteiger partial charge < -0.3 is 0 Å². The molecule has 0 aliphatic carbocycles. The Labute approximate surface area is 115 Å². The summed E-state index contributed by atoms with van der Waals surface area (Å²) < 4.78 is 139. The van der Waals surface area contributed by atoms with Crippen molar-refractivity contribution in [2.45, 2.75) is 30.1 Å². The molecule has 0 aromatic heterocycles. The number of hydrogen-bond donors (Lipinski definition) is 0. The fourth-order valence-electron chi connectivity index (χ4n) is 1.66. The molecule has 11 heteroatoms. The van der Waals surface area contributed by atoms with Gasteiger partial charge in [-0.2, -0.15) is 43.9 Å². The molecule has 0 radical (unpaired) electrons. The Morgan fingerprint density at radius 3 is 1.41 bits per heavy atom. The maximum atomic E-state index is 13.2. The third-order valence-electron chi connectivity index (χ3n) is 2.66. The van der Waals surface area contributed by atoms with Crippen LogP contribution in [-0.2, 0) is 0 Å². The second kappa shape index (κ2) is 5.27. The smallest absolute Gasteiger partial charge is 0.207 e. The van der Waals surface area contributed by atoms with Crippen LogP contribution in [0.25, 0.3) is 0 Å². The molecule has 0 bridgehead atoms. The van der Waals surface area contributed by atoms with Gasteiger partial charge in [-0.25, -0.2) is 4.39 Å². The lowest BCUT2D eigenvalue weighted by atomic mass is 9.85. The lowest BCUT2D eigenvalue weighted by Crippen LogP contribution is -2.54. The number of alkyl halides is 10. The molecule has 126 valence electrons. The highest BCUT2D eigenvalue weighted by Crippen LogP contribution is 2.56. The Kier molecular flexibility index (Phi) is 4.43. The minimum Gasteiger partial charge on any atom is -0.207 e. The molecule has 0 aliphatic heterocycles. The quantitative estimate of drug-likeness (QED) is 0.651. The van der Waals surface area contributed by atoms with Crippen molar-refractivity contribution in [3.63, 3.8) is 0 Å². The molecule has 0 saturated heterocycles. The maximum absolute atomic E-state index is 13.2. The molecule has 0 heterocycles. The van der Waals surface area contributed by atoms with Gasteiger partial charge in [0.25, 0.3) is 0 Å². The van der Waals surface area contributed by atoms with Gasteiger partial charge in [0, 0.05) is 0 Å². The van der Waals surface area contributed by atoms with E-state index in [9.17, 15) is 48.3 Å². The second-order valence-electron chi connectivity index (χ2n) is 4.23. The van der Waals surface area contributed by atoms with E-state index in [2.05, 4.69) is 0 Å². The van der Waals surface area contributed by atoms with Crippen molar-refractivity contribution in [2.75, 3.05) is 0 Å². The van der Waals surface area contributed by atoms with E-state index in [0.717, 1.165) is 0 Å². The first-order chi connectivity index (χ1) is 9.62. The Balaban J connectivity index is 3.61. The molecular formula is C11H5F11. The zero-order valence-electron chi connectivity index (χ0n) is 10.0. The molecule has 0 aliphatic rings. The van der Waals surface area contributed by atoms with Gasteiger partial charge in [-0.1, -0.05) is 12.1 Å². The first-order valence-electron chi connectivity index (χ1n) is 5.27. The topological polar surface area (TPSA) is 0 Å². The molecule has 0 N–H and O–H groups in total. The lowest BCUT2D eigenvalue weighted by Gasteiger charge is -2.35. The summed E-state index contributed by atoms with van der Waals surface area (Å²) in [7, 11) is 0. The van der Waals surface area contributed by atoms with E-state index in [1.54, 1.807) is 0 Å². The van der Waals surface area contributed by atoms with Gasteiger partial charge in [-0.15, -0.1) is 0 Å². The average molecular weight is 346 g/mol. The monoisotopic (exact) mass is 346 g/mol. The molecule has 0 fully saturated rings. The highest BCUT2D eigenvalue weighted by atomic mass is 19.4. The van der Waals surface area contributed by atoms with Crippen molar-refractivity contribution in [1.82, 2.24) is 0 Å². The molecule has 1 aromatic carbocycles. The van der Waals surface area contributed by atoms with Crippen LogP contribution in [0, 0.1) is 5.82 Å². The number of hydrogen-bond acceptors (Lipinski definition) is 0. The van der Waals surface area contributed by atoms with E-state index in [-0.39, 0.29) is 12.1 Å². The minimum atomic E-state index is -6.70. The zero-order chi connectivity index (χ0) is 17.6. The van der Waals surface area contributed by atoms with Gasteiger partial charge in [-0.3, -0.25) is 0 Å². The Bertz CT molecular complexity index is 500. The highest BCUT2D eigenvalue weighted by molar-refractivity contribution is 5.27. The molecule has 0 atom stereocenters.